The van der Waals surface area contributed by atoms with Crippen molar-refractivity contribution in [3.05, 3.63) is 33.8 Å². The van der Waals surface area contributed by atoms with E-state index in [1.54, 1.807) is 18.2 Å². The zero-order valence-electron chi connectivity index (χ0n) is 7.87. The van der Waals surface area contributed by atoms with Crippen molar-refractivity contribution in [1.82, 2.24) is 0 Å². The smallest absolute Gasteiger partial charge is 0.172 e. The van der Waals surface area contributed by atoms with E-state index in [4.69, 9.17) is 28.3 Å². The zero-order valence-corrected chi connectivity index (χ0v) is 10.2. The van der Waals surface area contributed by atoms with Crippen molar-refractivity contribution >= 4 is 40.7 Å². The largest absolute Gasteiger partial charge is 0.396 e. The quantitative estimate of drug-likeness (QED) is 0.657. The van der Waals surface area contributed by atoms with E-state index in [9.17, 15) is 4.79 Å². The number of carbonyl (C=O) groups is 1. The Hall–Kier alpha value is -0.220. The summed E-state index contributed by atoms with van der Waals surface area (Å²) in [6, 6.07) is 4.82. The molecular weight excluding hydrogens is 255 g/mol. The van der Waals surface area contributed by atoms with E-state index in [2.05, 4.69) is 0 Å². The highest BCUT2D eigenvalue weighted by molar-refractivity contribution is 8.00. The molecule has 82 valence electrons. The topological polar surface area (TPSA) is 37.3 Å². The van der Waals surface area contributed by atoms with Crippen LogP contribution in [0.5, 0.6) is 0 Å². The summed E-state index contributed by atoms with van der Waals surface area (Å²) in [6.45, 7) is 0.0827. The third-order valence-electron chi connectivity index (χ3n) is 1.71. The first-order valence-electron chi connectivity index (χ1n) is 4.32. The normalized spacial score (nSPS) is 10.3. The van der Waals surface area contributed by atoms with Gasteiger partial charge >= 0.3 is 0 Å². The molecule has 1 N–H and O–H groups in total. The highest BCUT2D eigenvalue weighted by Gasteiger charge is 2.07. The summed E-state index contributed by atoms with van der Waals surface area (Å²) in [4.78, 5) is 11.6. The number of benzene rings is 1. The van der Waals surface area contributed by atoms with E-state index in [-0.39, 0.29) is 12.4 Å². The number of aliphatic hydroxyl groups excluding tert-OH is 1. The van der Waals surface area contributed by atoms with Crippen LogP contribution in [0.25, 0.3) is 0 Å². The number of halogens is 2. The molecule has 0 bridgehead atoms. The first-order chi connectivity index (χ1) is 7.15. The van der Waals surface area contributed by atoms with Gasteiger partial charge in [0.1, 0.15) is 0 Å². The first-order valence-corrected chi connectivity index (χ1v) is 6.23. The van der Waals surface area contributed by atoms with E-state index in [0.717, 1.165) is 0 Å². The van der Waals surface area contributed by atoms with Crippen molar-refractivity contribution in [1.29, 1.82) is 0 Å². The van der Waals surface area contributed by atoms with Crippen LogP contribution in [-0.4, -0.2) is 29.0 Å². The minimum Gasteiger partial charge on any atom is -0.396 e. The number of Topliss-reactive ketones (excluding diaryl/α,β-unsaturated/α-hetero) is 1. The lowest BCUT2D eigenvalue weighted by Crippen LogP contribution is -2.03. The summed E-state index contributed by atoms with van der Waals surface area (Å²) >= 11 is 12.9. The molecule has 0 aromatic heterocycles. The monoisotopic (exact) mass is 264 g/mol. The lowest BCUT2D eigenvalue weighted by atomic mass is 10.1. The standard InChI is InChI=1S/C10H10Cl2O2S/c11-8-2-1-7(5-9(8)12)10(14)6-15-4-3-13/h1-2,5,13H,3-4,6H2. The van der Waals surface area contributed by atoms with E-state index in [1.807, 2.05) is 0 Å². The number of hydrogen-bond acceptors (Lipinski definition) is 3. The third kappa shape index (κ3) is 4.03. The van der Waals surface area contributed by atoms with Crippen LogP contribution in [-0.2, 0) is 0 Å². The Morgan fingerprint density at radius 3 is 2.67 bits per heavy atom. The van der Waals surface area contributed by atoms with Crippen LogP contribution in [0.1, 0.15) is 10.4 Å². The van der Waals surface area contributed by atoms with Crippen molar-refractivity contribution < 1.29 is 9.90 Å². The fraction of sp³-hybridized carbons (Fsp3) is 0.300. The van der Waals surface area contributed by atoms with Crippen molar-refractivity contribution in [3.8, 4) is 0 Å². The molecule has 15 heavy (non-hydrogen) atoms. The number of aliphatic hydroxyl groups is 1. The number of ketones is 1. The summed E-state index contributed by atoms with van der Waals surface area (Å²) in [5.74, 6) is 0.901. The SMILES string of the molecule is O=C(CSCCO)c1ccc(Cl)c(Cl)c1. The van der Waals surface area contributed by atoms with Gasteiger partial charge in [-0.25, -0.2) is 0 Å². The molecule has 1 rings (SSSR count). The lowest BCUT2D eigenvalue weighted by Gasteiger charge is -2.02. The summed E-state index contributed by atoms with van der Waals surface area (Å²) in [5.41, 5.74) is 0.551. The molecule has 0 aliphatic carbocycles. The number of rotatable bonds is 5. The second-order valence-corrected chi connectivity index (χ2v) is 4.75. The van der Waals surface area contributed by atoms with Crippen LogP contribution in [0.2, 0.25) is 10.0 Å². The molecule has 0 atom stereocenters. The van der Waals surface area contributed by atoms with Crippen molar-refractivity contribution in [2.45, 2.75) is 0 Å². The van der Waals surface area contributed by atoms with Gasteiger partial charge in [0.2, 0.25) is 0 Å². The van der Waals surface area contributed by atoms with Gasteiger partial charge in [-0.1, -0.05) is 23.2 Å². The molecule has 1 aromatic rings. The predicted octanol–water partition coefficient (Wildman–Crippen LogP) is 2.90. The van der Waals surface area contributed by atoms with Crippen LogP contribution in [0.15, 0.2) is 18.2 Å². The highest BCUT2D eigenvalue weighted by Crippen LogP contribution is 2.23. The molecule has 5 heteroatoms. The van der Waals surface area contributed by atoms with Crippen LogP contribution >= 0.6 is 35.0 Å². The van der Waals surface area contributed by atoms with E-state index >= 15 is 0 Å². The van der Waals surface area contributed by atoms with Gasteiger partial charge in [0.05, 0.1) is 22.4 Å². The maximum absolute atomic E-state index is 11.6. The summed E-state index contributed by atoms with van der Waals surface area (Å²) in [6.07, 6.45) is 0. The Balaban J connectivity index is 2.62. The second kappa shape index (κ2) is 6.38. The molecule has 0 aliphatic heterocycles. The van der Waals surface area contributed by atoms with Gasteiger partial charge in [-0.05, 0) is 18.2 Å². The molecule has 0 saturated carbocycles. The van der Waals surface area contributed by atoms with E-state index in [0.29, 0.717) is 27.1 Å². The average molecular weight is 265 g/mol. The van der Waals surface area contributed by atoms with Crippen molar-refractivity contribution in [3.63, 3.8) is 0 Å². The van der Waals surface area contributed by atoms with Gasteiger partial charge in [-0.3, -0.25) is 4.79 Å². The molecule has 0 saturated heterocycles. The molecule has 0 unspecified atom stereocenters. The van der Waals surface area contributed by atoms with Crippen LogP contribution < -0.4 is 0 Å². The van der Waals surface area contributed by atoms with Crippen LogP contribution in [0.3, 0.4) is 0 Å². The predicted molar refractivity (Wildman–Crippen MR) is 65.2 cm³/mol. The van der Waals surface area contributed by atoms with Gasteiger partial charge in [0.15, 0.2) is 5.78 Å². The van der Waals surface area contributed by atoms with Crippen molar-refractivity contribution in [2.24, 2.45) is 0 Å². The third-order valence-corrected chi connectivity index (χ3v) is 3.39. The highest BCUT2D eigenvalue weighted by atomic mass is 35.5. The molecule has 2 nitrogen and oxygen atoms in total. The number of thioether (sulfide) groups is 1. The Bertz CT molecular complexity index is 355. The summed E-state index contributed by atoms with van der Waals surface area (Å²) < 4.78 is 0. The lowest BCUT2D eigenvalue weighted by molar-refractivity contribution is 0.102. The van der Waals surface area contributed by atoms with Gasteiger partial charge in [0, 0.05) is 11.3 Å². The minimum absolute atomic E-state index is 0.00739. The number of carbonyl (C=O) groups excluding carboxylic acids is 1. The Kier molecular flexibility index (Phi) is 5.47. The Morgan fingerprint density at radius 1 is 1.33 bits per heavy atom. The fourth-order valence-corrected chi connectivity index (χ4v) is 1.91. The molecule has 0 radical (unpaired) electrons. The van der Waals surface area contributed by atoms with Crippen LogP contribution in [0, 0.1) is 0 Å². The van der Waals surface area contributed by atoms with Crippen molar-refractivity contribution in [2.75, 3.05) is 18.1 Å². The maximum atomic E-state index is 11.6. The van der Waals surface area contributed by atoms with Gasteiger partial charge in [-0.2, -0.15) is 11.8 Å². The average Bonchev–Trinajstić information content (AvgIpc) is 2.22. The number of hydrogen-bond donors (Lipinski definition) is 1. The minimum atomic E-state index is -0.00739. The molecular formula is C10H10Cl2O2S. The molecule has 0 heterocycles. The van der Waals surface area contributed by atoms with Gasteiger partial charge in [0.25, 0.3) is 0 Å². The first kappa shape index (κ1) is 12.8. The summed E-state index contributed by atoms with van der Waals surface area (Å²) in [7, 11) is 0. The van der Waals surface area contributed by atoms with Gasteiger partial charge in [-0.15, -0.1) is 0 Å². The maximum Gasteiger partial charge on any atom is 0.172 e. The second-order valence-electron chi connectivity index (χ2n) is 2.83. The molecule has 0 spiro atoms. The van der Waals surface area contributed by atoms with Gasteiger partial charge < -0.3 is 5.11 Å². The molecule has 0 amide bonds. The molecule has 0 aliphatic rings. The zero-order chi connectivity index (χ0) is 11.3. The Morgan fingerprint density at radius 2 is 2.07 bits per heavy atom. The van der Waals surface area contributed by atoms with Crippen LogP contribution in [0.4, 0.5) is 0 Å². The molecule has 0 fully saturated rings. The fourth-order valence-electron chi connectivity index (χ4n) is 0.982. The molecule has 1 aromatic carbocycles. The van der Waals surface area contributed by atoms with E-state index in [1.165, 1.54) is 11.8 Å². The van der Waals surface area contributed by atoms with E-state index < -0.39 is 0 Å². The summed E-state index contributed by atoms with van der Waals surface area (Å²) in [5, 5.41) is 9.38. The Labute approximate surface area is 103 Å².